The fourth-order valence-corrected chi connectivity index (χ4v) is 2.87. The second kappa shape index (κ2) is 7.30. The van der Waals surface area contributed by atoms with Crippen molar-refractivity contribution in [1.82, 2.24) is 5.32 Å². The first kappa shape index (κ1) is 15.6. The van der Waals surface area contributed by atoms with Crippen LogP contribution in [0.5, 0.6) is 0 Å². The van der Waals surface area contributed by atoms with E-state index in [1.807, 2.05) is 0 Å². The van der Waals surface area contributed by atoms with Crippen molar-refractivity contribution in [1.29, 1.82) is 0 Å². The van der Waals surface area contributed by atoms with Crippen LogP contribution in [0.4, 0.5) is 5.69 Å². The van der Waals surface area contributed by atoms with E-state index in [2.05, 4.69) is 42.3 Å². The van der Waals surface area contributed by atoms with E-state index in [0.29, 0.717) is 12.0 Å². The topological polar surface area (TPSA) is 24.5 Å². The van der Waals surface area contributed by atoms with Crippen LogP contribution in [0.15, 0.2) is 18.2 Å². The number of anilines is 1. The molecular weight excluding hydrogens is 272 g/mol. The summed E-state index contributed by atoms with van der Waals surface area (Å²) in [5, 5.41) is 4.25. The summed E-state index contributed by atoms with van der Waals surface area (Å²) < 4.78 is 5.25. The maximum atomic E-state index is 6.40. The van der Waals surface area contributed by atoms with E-state index in [-0.39, 0.29) is 0 Å². The van der Waals surface area contributed by atoms with E-state index in [0.717, 1.165) is 36.8 Å². The van der Waals surface area contributed by atoms with Crippen LogP contribution in [0, 0.1) is 5.92 Å². The van der Waals surface area contributed by atoms with Crippen molar-refractivity contribution in [3.63, 3.8) is 0 Å². The van der Waals surface area contributed by atoms with Crippen LogP contribution in [0.25, 0.3) is 0 Å². The van der Waals surface area contributed by atoms with Crippen LogP contribution in [0.2, 0.25) is 5.02 Å². The third kappa shape index (κ3) is 4.11. The first-order valence-corrected chi connectivity index (χ1v) is 7.73. The average molecular weight is 297 g/mol. The van der Waals surface area contributed by atoms with Crippen molar-refractivity contribution < 1.29 is 4.74 Å². The Morgan fingerprint density at radius 3 is 2.90 bits per heavy atom. The zero-order valence-corrected chi connectivity index (χ0v) is 13.4. The molecule has 3 nitrogen and oxygen atoms in total. The Hall–Kier alpha value is -0.770. The van der Waals surface area contributed by atoms with Crippen LogP contribution in [-0.4, -0.2) is 32.8 Å². The fraction of sp³-hybridized carbons (Fsp3) is 0.625. The van der Waals surface area contributed by atoms with Crippen LogP contribution in [0.3, 0.4) is 0 Å². The third-order valence-corrected chi connectivity index (χ3v) is 4.14. The number of rotatable bonds is 6. The third-order valence-electron chi connectivity index (χ3n) is 3.79. The first-order chi connectivity index (χ1) is 9.60. The summed E-state index contributed by atoms with van der Waals surface area (Å²) in [5.74, 6) is 0.640. The predicted molar refractivity (Wildman–Crippen MR) is 85.6 cm³/mol. The molecule has 1 aliphatic heterocycles. The lowest BCUT2D eigenvalue weighted by Gasteiger charge is -2.20. The molecule has 0 amide bonds. The number of nitrogens with one attached hydrogen (secondary N) is 1. The molecule has 1 atom stereocenters. The minimum atomic E-state index is 0.471. The molecule has 1 unspecified atom stereocenters. The summed E-state index contributed by atoms with van der Waals surface area (Å²) in [5.41, 5.74) is 2.39. The zero-order valence-electron chi connectivity index (χ0n) is 12.7. The molecule has 0 radical (unpaired) electrons. The van der Waals surface area contributed by atoms with Gasteiger partial charge in [0.15, 0.2) is 0 Å². The number of methoxy groups -OCH3 is 1. The first-order valence-electron chi connectivity index (χ1n) is 7.36. The van der Waals surface area contributed by atoms with Crippen molar-refractivity contribution in [2.24, 2.45) is 5.92 Å². The maximum Gasteiger partial charge on any atom is 0.0508 e. The average Bonchev–Trinajstić information content (AvgIpc) is 2.86. The fourth-order valence-electron chi connectivity index (χ4n) is 2.63. The number of hydrogen-bond donors (Lipinski definition) is 1. The van der Waals surface area contributed by atoms with Gasteiger partial charge in [-0.25, -0.2) is 0 Å². The molecule has 1 aromatic rings. The molecule has 112 valence electrons. The molecule has 0 saturated carbocycles. The van der Waals surface area contributed by atoms with E-state index in [9.17, 15) is 0 Å². The second-order valence-electron chi connectivity index (χ2n) is 5.87. The highest BCUT2D eigenvalue weighted by molar-refractivity contribution is 6.31. The molecule has 0 aromatic heterocycles. The molecular formula is C16H25ClN2O. The molecule has 1 fully saturated rings. The van der Waals surface area contributed by atoms with Gasteiger partial charge in [-0.05, 0) is 24.1 Å². The minimum Gasteiger partial charge on any atom is -0.384 e. The molecule has 0 aliphatic carbocycles. The van der Waals surface area contributed by atoms with Crippen molar-refractivity contribution in [3.8, 4) is 0 Å². The quantitative estimate of drug-likeness (QED) is 0.871. The molecule has 1 saturated heterocycles. The summed E-state index contributed by atoms with van der Waals surface area (Å²) >= 11 is 6.40. The molecule has 2 rings (SSSR count). The van der Waals surface area contributed by atoms with Gasteiger partial charge in [0.1, 0.15) is 0 Å². The van der Waals surface area contributed by atoms with E-state index in [1.54, 1.807) is 7.11 Å². The molecule has 1 N–H and O–H groups in total. The zero-order chi connectivity index (χ0) is 14.5. The van der Waals surface area contributed by atoms with Gasteiger partial charge in [-0.1, -0.05) is 31.5 Å². The Morgan fingerprint density at radius 1 is 1.45 bits per heavy atom. The van der Waals surface area contributed by atoms with Crippen molar-refractivity contribution in [2.45, 2.75) is 32.9 Å². The van der Waals surface area contributed by atoms with Gasteiger partial charge in [0.25, 0.3) is 0 Å². The van der Waals surface area contributed by atoms with E-state index >= 15 is 0 Å². The Bertz CT molecular complexity index is 436. The smallest absolute Gasteiger partial charge is 0.0508 e. The van der Waals surface area contributed by atoms with Gasteiger partial charge in [0.2, 0.25) is 0 Å². The lowest BCUT2D eigenvalue weighted by Crippen LogP contribution is -2.23. The highest BCUT2D eigenvalue weighted by Crippen LogP contribution is 2.28. The molecule has 0 spiro atoms. The van der Waals surface area contributed by atoms with Crippen LogP contribution >= 0.6 is 11.6 Å². The van der Waals surface area contributed by atoms with Crippen molar-refractivity contribution in [2.75, 3.05) is 31.7 Å². The van der Waals surface area contributed by atoms with Gasteiger partial charge in [0, 0.05) is 49.4 Å². The van der Waals surface area contributed by atoms with Gasteiger partial charge < -0.3 is 15.0 Å². The highest BCUT2D eigenvalue weighted by Gasteiger charge is 2.22. The number of halogens is 1. The minimum absolute atomic E-state index is 0.471. The molecule has 4 heteroatoms. The standard InChI is InChI=1S/C16H25ClN2O/c1-12(2)18-9-14-4-5-15(8-16(14)17)19-7-6-13(10-19)11-20-3/h4-5,8,12-13,18H,6-7,9-11H2,1-3H3. The predicted octanol–water partition coefficient (Wildman–Crippen LogP) is 3.31. The number of ether oxygens (including phenoxy) is 1. The number of benzene rings is 1. The summed E-state index contributed by atoms with van der Waals surface area (Å²) in [6.07, 6.45) is 1.20. The van der Waals surface area contributed by atoms with E-state index < -0.39 is 0 Å². The SMILES string of the molecule is COCC1CCN(c2ccc(CNC(C)C)c(Cl)c2)C1. The summed E-state index contributed by atoms with van der Waals surface area (Å²) in [6.45, 7) is 8.11. The molecule has 20 heavy (non-hydrogen) atoms. The molecule has 0 bridgehead atoms. The summed E-state index contributed by atoms with van der Waals surface area (Å²) in [7, 11) is 1.77. The monoisotopic (exact) mass is 296 g/mol. The van der Waals surface area contributed by atoms with Gasteiger partial charge in [-0.3, -0.25) is 0 Å². The lowest BCUT2D eigenvalue weighted by molar-refractivity contribution is 0.161. The van der Waals surface area contributed by atoms with E-state index in [1.165, 1.54) is 12.1 Å². The van der Waals surface area contributed by atoms with E-state index in [4.69, 9.17) is 16.3 Å². The Balaban J connectivity index is 1.98. The Kier molecular flexibility index (Phi) is 5.70. The number of hydrogen-bond acceptors (Lipinski definition) is 3. The molecule has 1 aromatic carbocycles. The molecule has 1 aliphatic rings. The lowest BCUT2D eigenvalue weighted by atomic mass is 10.1. The van der Waals surface area contributed by atoms with Crippen molar-refractivity contribution in [3.05, 3.63) is 28.8 Å². The highest BCUT2D eigenvalue weighted by atomic mass is 35.5. The van der Waals surface area contributed by atoms with Gasteiger partial charge >= 0.3 is 0 Å². The second-order valence-corrected chi connectivity index (χ2v) is 6.27. The summed E-state index contributed by atoms with van der Waals surface area (Å²) in [4.78, 5) is 2.40. The van der Waals surface area contributed by atoms with Gasteiger partial charge in [-0.2, -0.15) is 0 Å². The number of nitrogens with zero attached hydrogens (tertiary/aromatic N) is 1. The van der Waals surface area contributed by atoms with Crippen LogP contribution in [-0.2, 0) is 11.3 Å². The van der Waals surface area contributed by atoms with Crippen LogP contribution < -0.4 is 10.2 Å². The van der Waals surface area contributed by atoms with Gasteiger partial charge in [0.05, 0.1) is 6.61 Å². The normalized spacial score (nSPS) is 19.1. The maximum absolute atomic E-state index is 6.40. The van der Waals surface area contributed by atoms with Crippen LogP contribution in [0.1, 0.15) is 25.8 Å². The van der Waals surface area contributed by atoms with Gasteiger partial charge in [-0.15, -0.1) is 0 Å². The Morgan fingerprint density at radius 2 is 2.25 bits per heavy atom. The largest absolute Gasteiger partial charge is 0.384 e. The molecule has 1 heterocycles. The Labute approximate surface area is 127 Å². The van der Waals surface area contributed by atoms with Crippen molar-refractivity contribution >= 4 is 17.3 Å². The summed E-state index contributed by atoms with van der Waals surface area (Å²) in [6, 6.07) is 6.88.